The van der Waals surface area contributed by atoms with Crippen LogP contribution in [0.5, 0.6) is 0 Å². The molecule has 0 spiro atoms. The molecule has 840 valence electrons. The Kier molecular flexibility index (Phi) is 62.5. The normalized spacial score (nSPS) is 16.2. The van der Waals surface area contributed by atoms with Crippen molar-refractivity contribution in [3.63, 3.8) is 0 Å². The van der Waals surface area contributed by atoms with Gasteiger partial charge in [-0.3, -0.25) is 57.6 Å². The zero-order valence-electron chi connectivity index (χ0n) is 90.9. The van der Waals surface area contributed by atoms with Crippen LogP contribution in [0.25, 0.3) is 0 Å². The number of rotatable bonds is 74. The van der Waals surface area contributed by atoms with Crippen LogP contribution < -0.4 is 47.9 Å². The summed E-state index contributed by atoms with van der Waals surface area (Å²) in [5.74, 6) is -9.89. The van der Waals surface area contributed by atoms with Crippen LogP contribution in [-0.4, -0.2) is 378 Å². The lowest BCUT2D eigenvalue weighted by atomic mass is 9.89. The van der Waals surface area contributed by atoms with E-state index in [9.17, 15) is 77.0 Å². The number of likely N-dealkylation sites (N-methyl/N-ethyl adjacent to an activating group) is 2. The van der Waals surface area contributed by atoms with Crippen molar-refractivity contribution in [3.8, 4) is 0 Å². The molecule has 2 aliphatic rings. The number of esters is 1. The average Bonchev–Trinajstić information content (AvgIpc) is 1.53. The molecule has 2 aromatic rings. The Morgan fingerprint density at radius 2 is 0.946 bits per heavy atom. The first-order valence-corrected chi connectivity index (χ1v) is 51.9. The Bertz CT molecular complexity index is 4280. The lowest BCUT2D eigenvalue weighted by Gasteiger charge is -2.41. The van der Waals surface area contributed by atoms with Gasteiger partial charge >= 0.3 is 30.2 Å². The van der Waals surface area contributed by atoms with Gasteiger partial charge in [-0.05, 0) is 128 Å². The van der Waals surface area contributed by atoms with Crippen LogP contribution in [0.1, 0.15) is 211 Å². The Balaban J connectivity index is 1.25. The van der Waals surface area contributed by atoms with Crippen molar-refractivity contribution >= 4 is 89.3 Å². The molecule has 2 aromatic carbocycles. The lowest BCUT2D eigenvalue weighted by molar-refractivity contribution is -0.157. The van der Waals surface area contributed by atoms with Crippen LogP contribution in [0.3, 0.4) is 0 Å². The average molecular weight is 2100 g/mol. The van der Waals surface area contributed by atoms with E-state index in [0.29, 0.717) is 77.0 Å². The van der Waals surface area contributed by atoms with Crippen LogP contribution in [0.15, 0.2) is 60.7 Å². The topological polar surface area (TPSA) is 536 Å². The van der Waals surface area contributed by atoms with Gasteiger partial charge in [0.15, 0.2) is 0 Å². The van der Waals surface area contributed by atoms with Gasteiger partial charge in [0.05, 0.1) is 168 Å². The summed E-state index contributed by atoms with van der Waals surface area (Å²) >= 11 is 0. The van der Waals surface area contributed by atoms with E-state index in [1.807, 2.05) is 58.0 Å². The summed E-state index contributed by atoms with van der Waals surface area (Å²) in [4.78, 5) is 210. The molecule has 44 nitrogen and oxygen atoms in total. The number of ether oxygens (including phenoxy) is 15. The third-order valence-electron chi connectivity index (χ3n) is 24.5. The fraction of sp³-hybridized carbons (Fsp3) is 0.740. The maximum absolute atomic E-state index is 14.9. The number of hydrogen-bond acceptors (Lipinski definition) is 30. The van der Waals surface area contributed by atoms with Gasteiger partial charge in [0.2, 0.25) is 59.1 Å². The van der Waals surface area contributed by atoms with Gasteiger partial charge in [-0.25, -0.2) is 19.2 Å². The van der Waals surface area contributed by atoms with E-state index in [1.54, 1.807) is 130 Å². The highest BCUT2D eigenvalue weighted by atomic mass is 16.6. The zero-order chi connectivity index (χ0) is 110. The molecule has 0 aromatic heterocycles. The van der Waals surface area contributed by atoms with Crippen molar-refractivity contribution in [2.45, 2.75) is 285 Å². The summed E-state index contributed by atoms with van der Waals surface area (Å²) in [5.41, 5.74) is 0.0600. The van der Waals surface area contributed by atoms with Gasteiger partial charge in [0.1, 0.15) is 60.2 Å². The maximum atomic E-state index is 14.9. The minimum atomic E-state index is -1.59. The summed E-state index contributed by atoms with van der Waals surface area (Å²) in [7, 11) is 6.06. The zero-order valence-corrected chi connectivity index (χ0v) is 90.9. The van der Waals surface area contributed by atoms with Gasteiger partial charge in [0.25, 0.3) is 0 Å². The van der Waals surface area contributed by atoms with E-state index in [2.05, 4.69) is 47.9 Å². The van der Waals surface area contributed by atoms with Gasteiger partial charge in [0, 0.05) is 86.8 Å². The molecule has 4 rings (SSSR count). The van der Waals surface area contributed by atoms with Gasteiger partial charge in [-0.2, -0.15) is 0 Å². The van der Waals surface area contributed by atoms with Crippen LogP contribution in [0.2, 0.25) is 0 Å². The highest BCUT2D eigenvalue weighted by molar-refractivity contribution is 5.96. The predicted octanol–water partition coefficient (Wildman–Crippen LogP) is 6.48. The number of nitrogens with zero attached hydrogens (tertiary/aromatic N) is 4. The lowest BCUT2D eigenvalue weighted by Crippen LogP contribution is -2.60. The molecule has 2 heterocycles. The number of methoxy groups -OCH3 is 2. The first-order chi connectivity index (χ1) is 70.3. The number of unbranched alkanes of at least 4 members (excludes halogenated alkanes) is 1. The quantitative estimate of drug-likeness (QED) is 0.0192. The maximum Gasteiger partial charge on any atom is 0.410 e. The number of nitrogens with one attached hydrogen (secondary N) is 9. The monoisotopic (exact) mass is 2100 g/mol. The third kappa shape index (κ3) is 50.8. The molecule has 0 bridgehead atoms. The molecule has 0 unspecified atom stereocenters. The predicted molar refractivity (Wildman–Crippen MR) is 546 cm³/mol. The molecule has 148 heavy (non-hydrogen) atoms. The van der Waals surface area contributed by atoms with Crippen molar-refractivity contribution in [1.29, 1.82) is 0 Å². The molecule has 0 aliphatic carbocycles. The van der Waals surface area contributed by atoms with Gasteiger partial charge in [-0.15, -0.1) is 0 Å². The summed E-state index contributed by atoms with van der Waals surface area (Å²) in [5, 5.41) is 34.9. The molecule has 44 heteroatoms. The second kappa shape index (κ2) is 71.2. The van der Waals surface area contributed by atoms with Crippen LogP contribution in [0, 0.1) is 29.6 Å². The molecule has 14 atom stereocenters. The summed E-state index contributed by atoms with van der Waals surface area (Å²) in [6.45, 7) is 33.1. The van der Waals surface area contributed by atoms with Crippen LogP contribution in [0.4, 0.5) is 14.4 Å². The summed E-state index contributed by atoms with van der Waals surface area (Å²) in [6, 6.07) is 8.60. The Labute approximate surface area is 873 Å². The smallest absolute Gasteiger partial charge is 0.410 e. The third-order valence-corrected chi connectivity index (χ3v) is 24.5. The Morgan fingerprint density at radius 3 is 1.43 bits per heavy atom. The van der Waals surface area contributed by atoms with Crippen LogP contribution >= 0.6 is 0 Å². The van der Waals surface area contributed by atoms with E-state index in [4.69, 9.17) is 71.1 Å². The Morgan fingerprint density at radius 1 is 0.473 bits per heavy atom. The number of aliphatic carboxylic acids is 1. The SMILES string of the molecule is CC[C@H](C)[C@@H]([C@@H](CC(=O)N1CCC[C@H]1[C@H](OC)[C@@H](C)C(=O)N[C@H](C)[C@@H](OC(=O)[C@@H](NC(=O)[C@@H]1CCCN1C(=O)[C@H](CC(=O)O)NC(=O)CCOCCOCCOCCNC(=O)[C@H](CCCCNC(=O)CCOCCOCCOCCNC(=O)OC(C)(C)C)NC(=O)CCOCCOCCOCCNC(=O)OC(C)(C)C)C(C)C)c1ccccc1)OC)N(C)C(=O)[C@@H](NC(=O)[C@H](C(C)C)N(C)C(=O)OCc1ccccc1)C(C)C. The molecule has 0 radical (unpaired) electrons. The standard InChI is InChI=1S/C104H173N13O31/c1-21-72(8)90(114(17)98(129)87(69(2)3)112-96(127)89(71(6)7)115(18)102(133)145-68-75-32-24-22-25-33-75)81(134-19)67-85(121)116-46-30-37-79(116)91(135-20)73(9)93(124)109-74(10)92(76-34-26-23-27-35-76)146-99(130)88(70(4)5)113-95(126)80-38-31-47-117(80)97(128)78(66-86(122)123)111-84(120)41-50-138-56-62-143-63-57-139-51-43-106-94(125)77(110-83(119)40-49-137-55-61-144-65-59-141-53-45-108-101(132)148-104(14,15)16)36-28-29-42-105-82(118)39-48-136-54-60-142-64-58-140-52-44-107-100(131)147-103(11,12)13/h22-27,32-35,69-74,77-81,87-92H,21,28-31,36-68H2,1-20H3,(H,105,118)(H,106,125)(H,107,131)(H,108,132)(H,109,124)(H,110,119)(H,111,120)(H,112,127)(H,113,126)(H,122,123)/t72-,73+,74+,77-,78-,79-,80-,81+,87-,88-,89-,90-,91+,92+/m0/s1. The largest absolute Gasteiger partial charge is 0.481 e. The first kappa shape index (κ1) is 130. The fourth-order valence-electron chi connectivity index (χ4n) is 16.7. The molecular weight excluding hydrogens is 1930 g/mol. The molecular formula is C104H173N13O31. The van der Waals surface area contributed by atoms with E-state index in [0.717, 1.165) is 5.56 Å². The minimum absolute atomic E-state index is 0.00274. The Hall–Kier alpha value is -10.6. The first-order valence-electron chi connectivity index (χ1n) is 51.9. The number of carboxylic acid groups (broad SMARTS) is 1. The molecule has 10 N–H and O–H groups in total. The number of carboxylic acids is 1. The van der Waals surface area contributed by atoms with E-state index in [-0.39, 0.29) is 194 Å². The van der Waals surface area contributed by atoms with E-state index >= 15 is 0 Å². The van der Waals surface area contributed by atoms with Crippen LogP contribution in [-0.2, 0) is 135 Å². The number of likely N-dealkylation sites (tertiary alicyclic amines) is 2. The van der Waals surface area contributed by atoms with Crippen molar-refractivity contribution in [2.75, 3.05) is 187 Å². The molecule has 2 aliphatic heterocycles. The molecule has 13 amide bonds. The van der Waals surface area contributed by atoms with Crippen molar-refractivity contribution in [2.24, 2.45) is 29.6 Å². The van der Waals surface area contributed by atoms with Crippen molar-refractivity contribution < 1.29 is 148 Å². The number of amides is 13. The minimum Gasteiger partial charge on any atom is -0.481 e. The molecule has 0 saturated carbocycles. The number of hydrogen-bond donors (Lipinski definition) is 10. The highest BCUT2D eigenvalue weighted by Crippen LogP contribution is 2.32. The molecule has 2 fully saturated rings. The van der Waals surface area contributed by atoms with E-state index in [1.165, 1.54) is 31.1 Å². The fourth-order valence-corrected chi connectivity index (χ4v) is 16.7. The second-order valence-corrected chi connectivity index (χ2v) is 39.7. The van der Waals surface area contributed by atoms with Crippen molar-refractivity contribution in [3.05, 3.63) is 71.8 Å². The highest BCUT2D eigenvalue weighted by Gasteiger charge is 2.46. The van der Waals surface area contributed by atoms with E-state index < -0.39 is 186 Å². The number of carbonyl (C=O) groups is 15. The summed E-state index contributed by atoms with van der Waals surface area (Å²) < 4.78 is 84.5. The van der Waals surface area contributed by atoms with Gasteiger partial charge in [-0.1, -0.05) is 129 Å². The van der Waals surface area contributed by atoms with Crippen molar-refractivity contribution in [1.82, 2.24) is 67.5 Å². The number of alkyl carbamates (subject to hydrolysis) is 2. The van der Waals surface area contributed by atoms with Gasteiger partial charge < -0.3 is 139 Å². The number of carbonyl (C=O) groups excluding carboxylic acids is 14. The second-order valence-electron chi connectivity index (χ2n) is 39.7. The molecule has 2 saturated heterocycles. The number of benzene rings is 2. The summed E-state index contributed by atoms with van der Waals surface area (Å²) in [6.07, 6.45) is -2.44.